The number of alkyl halides is 1. The molecule has 4 aliphatic rings. The number of hydrogen-bond donors (Lipinski definition) is 0. The fourth-order valence-electron chi connectivity index (χ4n) is 6.72. The summed E-state index contributed by atoms with van der Waals surface area (Å²) >= 11 is 3.19. The summed E-state index contributed by atoms with van der Waals surface area (Å²) in [5.41, 5.74) is 1.71. The van der Waals surface area contributed by atoms with E-state index in [2.05, 4.69) is 35.9 Å². The number of allylic oxidation sites excluding steroid dienone is 1. The molecule has 0 aromatic heterocycles. The van der Waals surface area contributed by atoms with Crippen LogP contribution in [0.3, 0.4) is 0 Å². The Morgan fingerprint density at radius 2 is 1.92 bits per heavy atom. The Bertz CT molecular complexity index is 627. The number of rotatable bonds is 2. The molecule has 0 heterocycles. The van der Waals surface area contributed by atoms with E-state index < -0.39 is 0 Å². The van der Waals surface area contributed by atoms with Crippen LogP contribution in [0.15, 0.2) is 11.6 Å². The molecule has 0 aliphatic heterocycles. The van der Waals surface area contributed by atoms with Crippen LogP contribution in [-0.2, 0) is 14.3 Å². The summed E-state index contributed by atoms with van der Waals surface area (Å²) in [7, 11) is 0. The Morgan fingerprint density at radius 1 is 1.20 bits per heavy atom. The number of carbonyl (C=O) groups is 2. The normalized spacial score (nSPS) is 45.9. The van der Waals surface area contributed by atoms with Gasteiger partial charge in [0.2, 0.25) is 0 Å². The van der Waals surface area contributed by atoms with Crippen LogP contribution in [0.25, 0.3) is 0 Å². The quantitative estimate of drug-likeness (QED) is 0.373. The molecular weight excluding hydrogens is 380 g/mol. The molecule has 6 atom stereocenters. The number of halogens is 1. The van der Waals surface area contributed by atoms with Crippen molar-refractivity contribution >= 4 is 27.7 Å². The number of esters is 1. The molecule has 25 heavy (non-hydrogen) atoms. The molecule has 3 saturated carbocycles. The molecule has 0 aromatic carbocycles. The Kier molecular flexibility index (Phi) is 4.41. The third-order valence-electron chi connectivity index (χ3n) is 8.17. The number of carbonyl (C=O) groups excluding carboxylic acids is 2. The highest BCUT2D eigenvalue weighted by Gasteiger charge is 2.58. The van der Waals surface area contributed by atoms with Crippen molar-refractivity contribution in [2.45, 2.75) is 71.3 Å². The first-order valence-corrected chi connectivity index (χ1v) is 11.0. The molecule has 3 nitrogen and oxygen atoms in total. The molecule has 3 fully saturated rings. The molecule has 0 aromatic rings. The lowest BCUT2D eigenvalue weighted by Crippen LogP contribution is -2.50. The van der Waals surface area contributed by atoms with Crippen LogP contribution in [0.2, 0.25) is 0 Å². The Labute approximate surface area is 159 Å². The van der Waals surface area contributed by atoms with Crippen molar-refractivity contribution < 1.29 is 14.3 Å². The van der Waals surface area contributed by atoms with Crippen molar-refractivity contribution in [2.24, 2.45) is 28.6 Å². The van der Waals surface area contributed by atoms with E-state index in [1.54, 1.807) is 0 Å². The minimum atomic E-state index is -0.152. The van der Waals surface area contributed by atoms with Crippen molar-refractivity contribution in [2.75, 3.05) is 5.33 Å². The molecule has 138 valence electrons. The maximum Gasteiger partial charge on any atom is 0.316 e. The molecule has 0 spiro atoms. The van der Waals surface area contributed by atoms with E-state index in [1.165, 1.54) is 12.0 Å². The number of ether oxygens (including phenoxy) is 1. The molecule has 4 aliphatic carbocycles. The standard InChI is InChI=1S/C21H29BrO3/c1-20-9-7-14(25-19(24)12-22)11-13(20)3-4-15-16-5-6-18(23)21(16,2)10-8-17(15)20/h3,14-17H,4-12H2,1-2H3/t14-,15+,16+,17+,20-,21+/m0/s1. The van der Waals surface area contributed by atoms with Crippen LogP contribution in [0.5, 0.6) is 0 Å². The topological polar surface area (TPSA) is 43.4 Å². The van der Waals surface area contributed by atoms with E-state index in [1.807, 2.05) is 0 Å². The van der Waals surface area contributed by atoms with Gasteiger partial charge in [0, 0.05) is 18.3 Å². The average Bonchev–Trinajstić information content (AvgIpc) is 2.90. The largest absolute Gasteiger partial charge is 0.461 e. The fourth-order valence-corrected chi connectivity index (χ4v) is 6.85. The van der Waals surface area contributed by atoms with Crippen LogP contribution in [-0.4, -0.2) is 23.2 Å². The predicted octanol–water partition coefficient (Wildman–Crippen LogP) is 4.83. The maximum absolute atomic E-state index is 12.5. The van der Waals surface area contributed by atoms with Crippen LogP contribution in [0.1, 0.15) is 65.2 Å². The second-order valence-corrected chi connectivity index (χ2v) is 9.73. The maximum atomic E-state index is 12.5. The molecule has 0 saturated heterocycles. The number of ketones is 1. The van der Waals surface area contributed by atoms with Crippen molar-refractivity contribution in [1.29, 1.82) is 0 Å². The third kappa shape index (κ3) is 2.65. The van der Waals surface area contributed by atoms with Gasteiger partial charge in [0.25, 0.3) is 0 Å². The predicted molar refractivity (Wildman–Crippen MR) is 100 cm³/mol. The van der Waals surface area contributed by atoms with E-state index in [9.17, 15) is 9.59 Å². The molecule has 4 heteroatoms. The van der Waals surface area contributed by atoms with Crippen LogP contribution in [0, 0.1) is 28.6 Å². The van der Waals surface area contributed by atoms with Crippen LogP contribution < -0.4 is 0 Å². The summed E-state index contributed by atoms with van der Waals surface area (Å²) in [4.78, 5) is 24.1. The lowest BCUT2D eigenvalue weighted by molar-refractivity contribution is -0.148. The summed E-state index contributed by atoms with van der Waals surface area (Å²) in [6.45, 7) is 4.68. The van der Waals surface area contributed by atoms with Gasteiger partial charge in [-0.05, 0) is 61.7 Å². The first-order chi connectivity index (χ1) is 11.9. The SMILES string of the molecule is C[C@@]12CC[C@@H]3[C@H](CC=C4C[C@@H](OC(=O)CBr)CC[C@@]43C)[C@H]1CCC2=O. The number of fused-ring (bicyclic) bond motifs is 5. The lowest BCUT2D eigenvalue weighted by Gasteiger charge is -2.56. The van der Waals surface area contributed by atoms with Gasteiger partial charge >= 0.3 is 5.97 Å². The zero-order valence-electron chi connectivity index (χ0n) is 15.4. The van der Waals surface area contributed by atoms with Gasteiger partial charge in [0.1, 0.15) is 17.2 Å². The lowest BCUT2D eigenvalue weighted by atomic mass is 9.48. The fraction of sp³-hybridized carbons (Fsp3) is 0.810. The van der Waals surface area contributed by atoms with E-state index in [0.717, 1.165) is 44.9 Å². The molecule has 4 rings (SSSR count). The smallest absolute Gasteiger partial charge is 0.316 e. The van der Waals surface area contributed by atoms with Gasteiger partial charge in [-0.3, -0.25) is 9.59 Å². The highest BCUT2D eigenvalue weighted by Crippen LogP contribution is 2.64. The minimum Gasteiger partial charge on any atom is -0.461 e. The summed E-state index contributed by atoms with van der Waals surface area (Å²) in [5.74, 6) is 2.31. The Morgan fingerprint density at radius 3 is 2.68 bits per heavy atom. The van der Waals surface area contributed by atoms with E-state index >= 15 is 0 Å². The van der Waals surface area contributed by atoms with Gasteiger partial charge < -0.3 is 4.74 Å². The molecule has 0 radical (unpaired) electrons. The van der Waals surface area contributed by atoms with Crippen molar-refractivity contribution in [3.63, 3.8) is 0 Å². The van der Waals surface area contributed by atoms with Crippen molar-refractivity contribution in [1.82, 2.24) is 0 Å². The Hall–Kier alpha value is -0.640. The second kappa shape index (κ2) is 6.21. The molecule has 0 bridgehead atoms. The van der Waals surface area contributed by atoms with Gasteiger partial charge in [-0.15, -0.1) is 0 Å². The van der Waals surface area contributed by atoms with Gasteiger partial charge in [-0.2, -0.15) is 0 Å². The first kappa shape index (κ1) is 17.8. The molecular formula is C21H29BrO3. The van der Waals surface area contributed by atoms with E-state index in [-0.39, 0.29) is 28.2 Å². The monoisotopic (exact) mass is 408 g/mol. The summed E-state index contributed by atoms with van der Waals surface area (Å²) in [6, 6.07) is 0. The van der Waals surface area contributed by atoms with E-state index in [0.29, 0.717) is 23.5 Å². The zero-order valence-corrected chi connectivity index (χ0v) is 16.9. The Balaban J connectivity index is 1.56. The van der Waals surface area contributed by atoms with Gasteiger partial charge in [0.15, 0.2) is 0 Å². The van der Waals surface area contributed by atoms with Gasteiger partial charge in [0.05, 0.1) is 0 Å². The first-order valence-electron chi connectivity index (χ1n) is 9.87. The number of Topliss-reactive ketones (excluding diaryl/α,β-unsaturated/α-hetero) is 1. The van der Waals surface area contributed by atoms with Crippen LogP contribution in [0.4, 0.5) is 0 Å². The second-order valence-electron chi connectivity index (χ2n) is 9.17. The average molecular weight is 409 g/mol. The molecule has 0 unspecified atom stereocenters. The molecule has 0 N–H and O–H groups in total. The van der Waals surface area contributed by atoms with Gasteiger partial charge in [-0.25, -0.2) is 0 Å². The zero-order chi connectivity index (χ0) is 17.8. The number of hydrogen-bond acceptors (Lipinski definition) is 3. The van der Waals surface area contributed by atoms with Gasteiger partial charge in [-0.1, -0.05) is 41.4 Å². The summed E-state index contributed by atoms with van der Waals surface area (Å²) in [6.07, 6.45) is 10.7. The highest BCUT2D eigenvalue weighted by molar-refractivity contribution is 9.09. The summed E-state index contributed by atoms with van der Waals surface area (Å²) in [5, 5.41) is 0.277. The van der Waals surface area contributed by atoms with Crippen molar-refractivity contribution in [3.8, 4) is 0 Å². The van der Waals surface area contributed by atoms with Crippen LogP contribution >= 0.6 is 15.9 Å². The molecule has 0 amide bonds. The summed E-state index contributed by atoms with van der Waals surface area (Å²) < 4.78 is 5.60. The minimum absolute atomic E-state index is 0.0443. The van der Waals surface area contributed by atoms with Crippen molar-refractivity contribution in [3.05, 3.63) is 11.6 Å². The highest BCUT2D eigenvalue weighted by atomic mass is 79.9. The third-order valence-corrected chi connectivity index (χ3v) is 8.63. The van der Waals surface area contributed by atoms with E-state index in [4.69, 9.17) is 4.74 Å².